The molecule has 0 aliphatic heterocycles. The second kappa shape index (κ2) is 6.10. The molecule has 82 valence electrons. The fraction of sp³-hybridized carbons (Fsp3) is 0.300. The Hall–Kier alpha value is -0.580. The van der Waals surface area contributed by atoms with Gasteiger partial charge in [-0.15, -0.1) is 0 Å². The van der Waals surface area contributed by atoms with Crippen molar-refractivity contribution in [1.29, 1.82) is 0 Å². The summed E-state index contributed by atoms with van der Waals surface area (Å²) in [5.74, 6) is -0.166. The van der Waals surface area contributed by atoms with E-state index in [2.05, 4.69) is 21.2 Å². The molecule has 0 aliphatic carbocycles. The lowest BCUT2D eigenvalue weighted by molar-refractivity contribution is 0.0951. The average Bonchev–Trinajstić information content (AvgIpc) is 2.22. The van der Waals surface area contributed by atoms with Crippen LogP contribution in [-0.2, 0) is 0 Å². The monoisotopic (exact) mass is 291 g/mol. The molecule has 3 nitrogen and oxygen atoms in total. The van der Waals surface area contributed by atoms with Crippen LogP contribution < -0.4 is 5.32 Å². The Morgan fingerprint density at radius 1 is 1.53 bits per heavy atom. The van der Waals surface area contributed by atoms with Crippen LogP contribution in [0.4, 0.5) is 0 Å². The largest absolute Gasteiger partial charge is 0.396 e. The van der Waals surface area contributed by atoms with E-state index in [0.29, 0.717) is 28.0 Å². The number of hydrogen-bond acceptors (Lipinski definition) is 2. The summed E-state index contributed by atoms with van der Waals surface area (Å²) in [7, 11) is 0. The first kappa shape index (κ1) is 12.5. The number of hydrogen-bond donors (Lipinski definition) is 2. The molecule has 1 rings (SSSR count). The lowest BCUT2D eigenvalue weighted by atomic mass is 10.2. The maximum atomic E-state index is 11.5. The smallest absolute Gasteiger partial charge is 0.251 e. The lowest BCUT2D eigenvalue weighted by Gasteiger charge is -2.04. The van der Waals surface area contributed by atoms with Gasteiger partial charge in [-0.3, -0.25) is 4.79 Å². The van der Waals surface area contributed by atoms with E-state index < -0.39 is 0 Å². The van der Waals surface area contributed by atoms with Gasteiger partial charge in [-0.1, -0.05) is 11.6 Å². The first-order valence-corrected chi connectivity index (χ1v) is 5.66. The Morgan fingerprint density at radius 3 is 2.87 bits per heavy atom. The third kappa shape index (κ3) is 3.81. The molecule has 1 aromatic carbocycles. The van der Waals surface area contributed by atoms with E-state index in [9.17, 15) is 4.79 Å². The number of rotatable bonds is 4. The van der Waals surface area contributed by atoms with E-state index in [1.54, 1.807) is 18.2 Å². The highest BCUT2D eigenvalue weighted by molar-refractivity contribution is 9.10. The van der Waals surface area contributed by atoms with E-state index in [4.69, 9.17) is 16.7 Å². The molecule has 15 heavy (non-hydrogen) atoms. The molecule has 5 heteroatoms. The summed E-state index contributed by atoms with van der Waals surface area (Å²) in [5, 5.41) is 11.8. The lowest BCUT2D eigenvalue weighted by Crippen LogP contribution is -2.24. The van der Waals surface area contributed by atoms with Crippen molar-refractivity contribution in [2.75, 3.05) is 13.2 Å². The Kier molecular flexibility index (Phi) is 5.08. The highest BCUT2D eigenvalue weighted by Crippen LogP contribution is 2.23. The molecule has 0 radical (unpaired) electrons. The molecular weight excluding hydrogens is 281 g/mol. The number of benzene rings is 1. The Balaban J connectivity index is 2.62. The minimum atomic E-state index is -0.166. The molecular formula is C10H11BrClNO2. The SMILES string of the molecule is O=C(NCCCO)c1ccc(Cl)c(Br)c1. The zero-order chi connectivity index (χ0) is 11.3. The summed E-state index contributed by atoms with van der Waals surface area (Å²) in [6, 6.07) is 4.98. The number of carbonyl (C=O) groups excluding carboxylic acids is 1. The van der Waals surface area contributed by atoms with Gasteiger partial charge in [-0.2, -0.15) is 0 Å². The molecule has 0 aromatic heterocycles. The number of carbonyl (C=O) groups is 1. The summed E-state index contributed by atoms with van der Waals surface area (Å²) >= 11 is 9.04. The molecule has 0 fully saturated rings. The first-order chi connectivity index (χ1) is 7.15. The van der Waals surface area contributed by atoms with Crippen molar-refractivity contribution < 1.29 is 9.90 Å². The van der Waals surface area contributed by atoms with Crippen LogP contribution in [0.2, 0.25) is 5.02 Å². The highest BCUT2D eigenvalue weighted by atomic mass is 79.9. The summed E-state index contributed by atoms with van der Waals surface area (Å²) in [5.41, 5.74) is 0.546. The molecule has 0 saturated carbocycles. The predicted octanol–water partition coefficient (Wildman–Crippen LogP) is 2.21. The number of amides is 1. The third-order valence-corrected chi connectivity index (χ3v) is 3.02. The van der Waals surface area contributed by atoms with Crippen molar-refractivity contribution in [3.8, 4) is 0 Å². The first-order valence-electron chi connectivity index (χ1n) is 4.49. The molecule has 0 saturated heterocycles. The van der Waals surface area contributed by atoms with Crippen LogP contribution in [0, 0.1) is 0 Å². The van der Waals surface area contributed by atoms with Gasteiger partial charge >= 0.3 is 0 Å². The summed E-state index contributed by atoms with van der Waals surface area (Å²) in [4.78, 5) is 11.5. The standard InChI is InChI=1S/C10H11BrClNO2/c11-8-6-7(2-3-9(8)12)10(15)13-4-1-5-14/h2-3,6,14H,1,4-5H2,(H,13,15). The van der Waals surface area contributed by atoms with Gasteiger partial charge in [0.15, 0.2) is 0 Å². The normalized spacial score (nSPS) is 10.1. The van der Waals surface area contributed by atoms with E-state index >= 15 is 0 Å². The molecule has 0 bridgehead atoms. The van der Waals surface area contributed by atoms with Gasteiger partial charge in [0.25, 0.3) is 5.91 Å². The fourth-order valence-corrected chi connectivity index (χ4v) is 1.52. The van der Waals surface area contributed by atoms with Crippen LogP contribution in [0.15, 0.2) is 22.7 Å². The zero-order valence-electron chi connectivity index (χ0n) is 7.96. The molecule has 2 N–H and O–H groups in total. The highest BCUT2D eigenvalue weighted by Gasteiger charge is 2.06. The molecule has 1 aromatic rings. The van der Waals surface area contributed by atoms with E-state index in [-0.39, 0.29) is 12.5 Å². The van der Waals surface area contributed by atoms with Gasteiger partial charge in [0.05, 0.1) is 5.02 Å². The van der Waals surface area contributed by atoms with Gasteiger partial charge in [-0.25, -0.2) is 0 Å². The predicted molar refractivity (Wildman–Crippen MR) is 63.2 cm³/mol. The van der Waals surface area contributed by atoms with Crippen molar-refractivity contribution in [2.45, 2.75) is 6.42 Å². The van der Waals surface area contributed by atoms with Crippen molar-refractivity contribution >= 4 is 33.4 Å². The summed E-state index contributed by atoms with van der Waals surface area (Å²) in [6.45, 7) is 0.542. The van der Waals surface area contributed by atoms with Crippen molar-refractivity contribution in [3.05, 3.63) is 33.3 Å². The topological polar surface area (TPSA) is 49.3 Å². The van der Waals surface area contributed by atoms with Gasteiger partial charge in [-0.05, 0) is 40.5 Å². The average molecular weight is 293 g/mol. The van der Waals surface area contributed by atoms with E-state index in [0.717, 1.165) is 0 Å². The minimum Gasteiger partial charge on any atom is -0.396 e. The van der Waals surface area contributed by atoms with Crippen LogP contribution in [0.1, 0.15) is 16.8 Å². The molecule has 0 aliphatic rings. The number of halogens is 2. The van der Waals surface area contributed by atoms with E-state index in [1.165, 1.54) is 0 Å². The van der Waals surface area contributed by atoms with Crippen molar-refractivity contribution in [3.63, 3.8) is 0 Å². The van der Waals surface area contributed by atoms with Gasteiger partial charge in [0, 0.05) is 23.2 Å². The van der Waals surface area contributed by atoms with Crippen LogP contribution in [0.5, 0.6) is 0 Å². The van der Waals surface area contributed by atoms with Crippen LogP contribution >= 0.6 is 27.5 Å². The Morgan fingerprint density at radius 2 is 2.27 bits per heavy atom. The fourth-order valence-electron chi connectivity index (χ4n) is 1.02. The number of nitrogens with one attached hydrogen (secondary N) is 1. The minimum absolute atomic E-state index is 0.0740. The van der Waals surface area contributed by atoms with Crippen molar-refractivity contribution in [2.24, 2.45) is 0 Å². The van der Waals surface area contributed by atoms with E-state index in [1.807, 2.05) is 0 Å². The number of aliphatic hydroxyl groups excluding tert-OH is 1. The third-order valence-electron chi connectivity index (χ3n) is 1.80. The molecule has 0 atom stereocenters. The van der Waals surface area contributed by atoms with Gasteiger partial charge < -0.3 is 10.4 Å². The van der Waals surface area contributed by atoms with Gasteiger partial charge in [0.2, 0.25) is 0 Å². The zero-order valence-corrected chi connectivity index (χ0v) is 10.3. The maximum Gasteiger partial charge on any atom is 0.251 e. The second-order valence-electron chi connectivity index (χ2n) is 2.96. The van der Waals surface area contributed by atoms with Crippen LogP contribution in [-0.4, -0.2) is 24.2 Å². The van der Waals surface area contributed by atoms with Gasteiger partial charge in [0.1, 0.15) is 0 Å². The van der Waals surface area contributed by atoms with Crippen LogP contribution in [0.3, 0.4) is 0 Å². The molecule has 0 unspecified atom stereocenters. The molecule has 1 amide bonds. The second-order valence-corrected chi connectivity index (χ2v) is 4.22. The Labute approximate surface area is 102 Å². The summed E-state index contributed by atoms with van der Waals surface area (Å²) in [6.07, 6.45) is 0.556. The quantitative estimate of drug-likeness (QED) is 0.836. The number of aliphatic hydroxyl groups is 1. The maximum absolute atomic E-state index is 11.5. The Bertz CT molecular complexity index is 357. The molecule has 0 heterocycles. The van der Waals surface area contributed by atoms with Crippen LogP contribution in [0.25, 0.3) is 0 Å². The summed E-state index contributed by atoms with van der Waals surface area (Å²) < 4.78 is 0.693. The van der Waals surface area contributed by atoms with Crippen molar-refractivity contribution in [1.82, 2.24) is 5.32 Å². The molecule has 0 spiro atoms.